The van der Waals surface area contributed by atoms with Crippen LogP contribution in [0.4, 0.5) is 0 Å². The first-order chi connectivity index (χ1) is 11.9. The maximum Gasteiger partial charge on any atom is 1.00 e. The van der Waals surface area contributed by atoms with Gasteiger partial charge in [-0.25, -0.2) is 0 Å². The van der Waals surface area contributed by atoms with Gasteiger partial charge in [0.1, 0.15) is 6.10 Å². The molecule has 0 aliphatic rings. The van der Waals surface area contributed by atoms with E-state index < -0.39 is 26.6 Å². The van der Waals surface area contributed by atoms with Crippen LogP contribution in [0.15, 0.2) is 30.3 Å². The molecule has 0 aliphatic heterocycles. The molecular formula is C17H26NNa2O6P. The van der Waals surface area contributed by atoms with Crippen molar-refractivity contribution < 1.29 is 87.9 Å². The summed E-state index contributed by atoms with van der Waals surface area (Å²) in [5, 5.41) is 12.1. The Labute approximate surface area is 205 Å². The van der Waals surface area contributed by atoms with Crippen molar-refractivity contribution in [3.8, 4) is 0 Å². The molecular weight excluding hydrogens is 391 g/mol. The largest absolute Gasteiger partial charge is 1.00 e. The van der Waals surface area contributed by atoms with Crippen molar-refractivity contribution in [3.63, 3.8) is 0 Å². The summed E-state index contributed by atoms with van der Waals surface area (Å²) in [7, 11) is -5.30. The van der Waals surface area contributed by atoms with E-state index in [0.717, 1.165) is 32.1 Å². The second-order valence-corrected chi connectivity index (χ2v) is 7.00. The van der Waals surface area contributed by atoms with E-state index in [9.17, 15) is 24.3 Å². The molecule has 0 aliphatic carbocycles. The van der Waals surface area contributed by atoms with Gasteiger partial charge in [-0.15, -0.1) is 0 Å². The number of aliphatic hydroxyl groups is 1. The quantitative estimate of drug-likeness (QED) is 0.201. The summed E-state index contributed by atoms with van der Waals surface area (Å²) in [6.07, 6.45) is 3.88. The monoisotopic (exact) mass is 417 g/mol. The fraction of sp³-hybridized carbons (Fsp3) is 0.588. The zero-order valence-corrected chi connectivity index (χ0v) is 21.3. The molecule has 0 saturated carbocycles. The number of unbranched alkanes of at least 4 members (excludes halogenated alkanes) is 4. The number of rotatable bonds is 12. The molecule has 1 rings (SSSR count). The number of hydrogen-bond donors (Lipinski definition) is 2. The Balaban J connectivity index is 0. The van der Waals surface area contributed by atoms with Gasteiger partial charge in [0.2, 0.25) is 5.91 Å². The van der Waals surface area contributed by atoms with Gasteiger partial charge in [0.05, 0.1) is 20.5 Å². The zero-order chi connectivity index (χ0) is 18.7. The second kappa shape index (κ2) is 16.5. The number of nitrogens with one attached hydrogen (secondary N) is 1. The van der Waals surface area contributed by atoms with E-state index in [0.29, 0.717) is 5.56 Å². The minimum atomic E-state index is -5.30. The Bertz CT molecular complexity index is 558. The summed E-state index contributed by atoms with van der Waals surface area (Å²) in [5.41, 5.74) is 0.550. The summed E-state index contributed by atoms with van der Waals surface area (Å²) < 4.78 is 15.4. The van der Waals surface area contributed by atoms with E-state index in [-0.39, 0.29) is 71.4 Å². The Kier molecular flexibility index (Phi) is 18.4. The number of phosphoric acid groups is 1. The summed E-state index contributed by atoms with van der Waals surface area (Å²) in [6, 6.07) is 7.59. The summed E-state index contributed by atoms with van der Waals surface area (Å²) in [6.45, 7) is 1.39. The van der Waals surface area contributed by atoms with Gasteiger partial charge < -0.3 is 29.3 Å². The molecule has 2 N–H and O–H groups in total. The standard InChI is InChI=1S/C17H28NO6P.2Na/c1-2-3-4-5-9-12-16(20)18-17(14-10-7-6-8-11-14)15(13-19)24-25(21,22)23;;/h6-8,10-11,15,17,19H,2-5,9,12-13H2,1H3,(H,18,20)(H2,21,22,23);;/q;2*+1/p-2/t15-,17+;;/m0../s1. The third-order valence-electron chi connectivity index (χ3n) is 3.80. The van der Waals surface area contributed by atoms with Gasteiger partial charge >= 0.3 is 59.1 Å². The average molecular weight is 417 g/mol. The van der Waals surface area contributed by atoms with Crippen LogP contribution < -0.4 is 74.2 Å². The molecule has 0 bridgehead atoms. The topological polar surface area (TPSA) is 122 Å². The Morgan fingerprint density at radius 1 is 1.15 bits per heavy atom. The van der Waals surface area contributed by atoms with Crippen molar-refractivity contribution in [2.45, 2.75) is 57.6 Å². The summed E-state index contributed by atoms with van der Waals surface area (Å²) >= 11 is 0. The predicted octanol–water partition coefficient (Wildman–Crippen LogP) is -4.58. The molecule has 7 nitrogen and oxygen atoms in total. The average Bonchev–Trinajstić information content (AvgIpc) is 2.57. The number of carbonyl (C=O) groups excluding carboxylic acids is 1. The zero-order valence-electron chi connectivity index (χ0n) is 16.4. The van der Waals surface area contributed by atoms with E-state index in [1.54, 1.807) is 30.3 Å². The third kappa shape index (κ3) is 13.6. The predicted molar refractivity (Wildman–Crippen MR) is 90.3 cm³/mol. The van der Waals surface area contributed by atoms with Crippen molar-refractivity contribution in [3.05, 3.63) is 35.9 Å². The number of hydrogen-bond acceptors (Lipinski definition) is 6. The molecule has 1 aromatic carbocycles. The van der Waals surface area contributed by atoms with Crippen molar-refractivity contribution in [1.29, 1.82) is 0 Å². The van der Waals surface area contributed by atoms with E-state index in [4.69, 9.17) is 0 Å². The first-order valence-corrected chi connectivity index (χ1v) is 9.99. The van der Waals surface area contributed by atoms with Gasteiger partial charge in [0.15, 0.2) is 0 Å². The van der Waals surface area contributed by atoms with Gasteiger partial charge in [-0.3, -0.25) is 4.79 Å². The van der Waals surface area contributed by atoms with Gasteiger partial charge in [-0.1, -0.05) is 62.9 Å². The minimum Gasteiger partial charge on any atom is -0.790 e. The normalized spacial score (nSPS) is 13.0. The fourth-order valence-corrected chi connectivity index (χ4v) is 3.07. The number of carbonyl (C=O) groups is 1. The van der Waals surface area contributed by atoms with Crippen molar-refractivity contribution >= 4 is 13.7 Å². The van der Waals surface area contributed by atoms with Crippen LogP contribution in [0.25, 0.3) is 0 Å². The van der Waals surface area contributed by atoms with E-state index in [1.165, 1.54) is 0 Å². The second-order valence-electron chi connectivity index (χ2n) is 5.89. The van der Waals surface area contributed by atoms with Crippen LogP contribution in [0.5, 0.6) is 0 Å². The van der Waals surface area contributed by atoms with Gasteiger partial charge in [-0.05, 0) is 12.0 Å². The molecule has 0 unspecified atom stereocenters. The smallest absolute Gasteiger partial charge is 0.790 e. The Morgan fingerprint density at radius 3 is 2.26 bits per heavy atom. The van der Waals surface area contributed by atoms with Crippen molar-refractivity contribution in [2.75, 3.05) is 6.61 Å². The summed E-state index contributed by atoms with van der Waals surface area (Å²) in [5.74, 6) is -0.279. The molecule has 0 heterocycles. The maximum atomic E-state index is 12.2. The van der Waals surface area contributed by atoms with E-state index in [2.05, 4.69) is 16.8 Å². The fourth-order valence-electron chi connectivity index (χ4n) is 2.55. The molecule has 0 saturated heterocycles. The molecule has 0 fully saturated rings. The van der Waals surface area contributed by atoms with E-state index >= 15 is 0 Å². The maximum absolute atomic E-state index is 12.2. The molecule has 1 aromatic rings. The van der Waals surface area contributed by atoms with Crippen LogP contribution in [0.2, 0.25) is 0 Å². The number of phosphoric ester groups is 1. The first-order valence-electron chi connectivity index (χ1n) is 8.53. The van der Waals surface area contributed by atoms with Crippen LogP contribution >= 0.6 is 7.82 Å². The van der Waals surface area contributed by atoms with Crippen LogP contribution in [0.3, 0.4) is 0 Å². The molecule has 2 atom stereocenters. The SMILES string of the molecule is CCCCCCCC(=O)N[C@H](c1ccccc1)[C@H](CO)OP(=O)([O-])[O-].[Na+].[Na+]. The van der Waals surface area contributed by atoms with Gasteiger partial charge in [0, 0.05) is 6.42 Å². The molecule has 1 amide bonds. The molecule has 0 radical (unpaired) electrons. The van der Waals surface area contributed by atoms with Crippen LogP contribution in [0.1, 0.15) is 57.1 Å². The summed E-state index contributed by atoms with van der Waals surface area (Å²) in [4.78, 5) is 34.0. The van der Waals surface area contributed by atoms with E-state index in [1.807, 2.05) is 0 Å². The Morgan fingerprint density at radius 2 is 1.74 bits per heavy atom. The molecule has 142 valence electrons. The molecule has 0 spiro atoms. The minimum absolute atomic E-state index is 0. The number of aliphatic hydroxyl groups excluding tert-OH is 1. The third-order valence-corrected chi connectivity index (χ3v) is 4.33. The molecule has 10 heteroatoms. The number of amides is 1. The van der Waals surface area contributed by atoms with Crippen molar-refractivity contribution in [1.82, 2.24) is 5.32 Å². The van der Waals surface area contributed by atoms with Crippen LogP contribution in [0, 0.1) is 0 Å². The Hall–Kier alpha value is 0.760. The van der Waals surface area contributed by atoms with Gasteiger partial charge in [0.25, 0.3) is 0 Å². The first kappa shape index (κ1) is 30.0. The van der Waals surface area contributed by atoms with Gasteiger partial charge in [-0.2, -0.15) is 0 Å². The molecule has 27 heavy (non-hydrogen) atoms. The van der Waals surface area contributed by atoms with Crippen molar-refractivity contribution in [2.24, 2.45) is 0 Å². The molecule has 0 aromatic heterocycles. The number of benzene rings is 1. The van der Waals surface area contributed by atoms with Crippen LogP contribution in [-0.4, -0.2) is 23.7 Å². The van der Waals surface area contributed by atoms with Crippen LogP contribution in [-0.2, 0) is 13.9 Å².